The molecule has 4 nitrogen and oxygen atoms in total. The van der Waals surface area contributed by atoms with E-state index < -0.39 is 0 Å². The van der Waals surface area contributed by atoms with E-state index in [-0.39, 0.29) is 11.9 Å². The largest absolute Gasteiger partial charge is 0.375 e. The van der Waals surface area contributed by atoms with E-state index in [9.17, 15) is 0 Å². The summed E-state index contributed by atoms with van der Waals surface area (Å²) in [6, 6.07) is 5.70. The van der Waals surface area contributed by atoms with Crippen LogP contribution in [0.1, 0.15) is 50.2 Å². The SMILES string of the molecule is C=C/C=C(C1=N[C@@H](C)c2c(COCC)ncn2-c2ccc(Br)cc21)\C(F)=C/CC. The number of hydrogen-bond acceptors (Lipinski definition) is 3. The maximum absolute atomic E-state index is 15.0. The van der Waals surface area contributed by atoms with Crippen LogP contribution in [0.5, 0.6) is 0 Å². The number of allylic oxidation sites excluding steroid dienone is 5. The number of halogens is 2. The van der Waals surface area contributed by atoms with Crippen molar-refractivity contribution in [2.75, 3.05) is 6.61 Å². The second-order valence-electron chi connectivity index (χ2n) is 6.68. The number of benzene rings is 1. The summed E-state index contributed by atoms with van der Waals surface area (Å²) < 4.78 is 23.5. The lowest BCUT2D eigenvalue weighted by Crippen LogP contribution is -2.09. The number of hydrogen-bond donors (Lipinski definition) is 0. The van der Waals surface area contributed by atoms with Gasteiger partial charge >= 0.3 is 0 Å². The second-order valence-corrected chi connectivity index (χ2v) is 7.59. The van der Waals surface area contributed by atoms with Gasteiger partial charge in [-0.15, -0.1) is 0 Å². The van der Waals surface area contributed by atoms with Gasteiger partial charge in [0.2, 0.25) is 0 Å². The van der Waals surface area contributed by atoms with Crippen molar-refractivity contribution in [2.24, 2.45) is 4.99 Å². The van der Waals surface area contributed by atoms with Crippen LogP contribution in [-0.4, -0.2) is 21.9 Å². The van der Waals surface area contributed by atoms with Gasteiger partial charge in [-0.2, -0.15) is 0 Å². The maximum Gasteiger partial charge on any atom is 0.128 e. The van der Waals surface area contributed by atoms with Gasteiger partial charge in [-0.25, -0.2) is 9.37 Å². The van der Waals surface area contributed by atoms with Crippen LogP contribution < -0.4 is 0 Å². The molecule has 1 aliphatic heterocycles. The molecule has 2 aromatic rings. The summed E-state index contributed by atoms with van der Waals surface area (Å²) in [4.78, 5) is 9.51. The number of rotatable bonds is 7. The average molecular weight is 458 g/mol. The highest BCUT2D eigenvalue weighted by Gasteiger charge is 2.27. The van der Waals surface area contributed by atoms with E-state index in [4.69, 9.17) is 9.73 Å². The van der Waals surface area contributed by atoms with Gasteiger partial charge in [-0.3, -0.25) is 4.99 Å². The zero-order valence-electron chi connectivity index (χ0n) is 17.0. The molecule has 0 saturated carbocycles. The second kappa shape index (κ2) is 9.46. The molecular formula is C23H25BrFN3O. The minimum atomic E-state index is -0.302. The minimum absolute atomic E-state index is 0.225. The molecule has 1 atom stereocenters. The van der Waals surface area contributed by atoms with Crippen molar-refractivity contribution in [1.29, 1.82) is 0 Å². The number of aromatic nitrogens is 2. The van der Waals surface area contributed by atoms with Crippen molar-refractivity contribution in [3.05, 3.63) is 82.2 Å². The van der Waals surface area contributed by atoms with Crippen LogP contribution in [0.3, 0.4) is 0 Å². The molecule has 6 heteroatoms. The third kappa shape index (κ3) is 4.33. The molecule has 0 unspecified atom stereocenters. The highest BCUT2D eigenvalue weighted by molar-refractivity contribution is 9.10. The normalized spacial score (nSPS) is 16.7. The molecule has 3 rings (SSSR count). The summed E-state index contributed by atoms with van der Waals surface area (Å²) in [7, 11) is 0. The van der Waals surface area contributed by atoms with E-state index in [0.29, 0.717) is 30.9 Å². The van der Waals surface area contributed by atoms with Gasteiger partial charge in [0.05, 0.1) is 41.8 Å². The van der Waals surface area contributed by atoms with E-state index in [1.54, 1.807) is 24.6 Å². The lowest BCUT2D eigenvalue weighted by molar-refractivity contribution is 0.130. The predicted molar refractivity (Wildman–Crippen MR) is 119 cm³/mol. The van der Waals surface area contributed by atoms with Crippen molar-refractivity contribution in [3.63, 3.8) is 0 Å². The number of aliphatic imine (C=N–C) groups is 1. The topological polar surface area (TPSA) is 39.4 Å². The molecule has 0 saturated heterocycles. The maximum atomic E-state index is 15.0. The van der Waals surface area contributed by atoms with Gasteiger partial charge in [0.15, 0.2) is 0 Å². The Morgan fingerprint density at radius 2 is 2.17 bits per heavy atom. The molecule has 0 fully saturated rings. The zero-order chi connectivity index (χ0) is 21.0. The summed E-state index contributed by atoms with van der Waals surface area (Å²) in [5, 5.41) is 0. The van der Waals surface area contributed by atoms with E-state index in [1.807, 2.05) is 43.5 Å². The first-order valence-corrected chi connectivity index (χ1v) is 10.5. The summed E-state index contributed by atoms with van der Waals surface area (Å²) in [6.45, 7) is 10.6. The zero-order valence-corrected chi connectivity index (χ0v) is 18.5. The highest BCUT2D eigenvalue weighted by Crippen LogP contribution is 2.35. The number of imidazole rings is 1. The lowest BCUT2D eigenvalue weighted by atomic mass is 9.98. The number of ether oxygens (including phenoxy) is 1. The Labute approximate surface area is 179 Å². The smallest absolute Gasteiger partial charge is 0.128 e. The molecule has 0 spiro atoms. The molecule has 0 bridgehead atoms. The molecule has 0 aliphatic carbocycles. The first-order chi connectivity index (χ1) is 14.0. The molecule has 2 heterocycles. The van der Waals surface area contributed by atoms with Gasteiger partial charge in [-0.05, 0) is 44.5 Å². The molecule has 1 aromatic carbocycles. The summed E-state index contributed by atoms with van der Waals surface area (Å²) in [5.41, 5.74) is 4.56. The quantitative estimate of drug-likeness (QED) is 0.450. The first-order valence-electron chi connectivity index (χ1n) is 9.72. The van der Waals surface area contributed by atoms with Crippen molar-refractivity contribution in [3.8, 4) is 5.69 Å². The van der Waals surface area contributed by atoms with Gasteiger partial charge in [0.25, 0.3) is 0 Å². The van der Waals surface area contributed by atoms with Crippen LogP contribution in [0.2, 0.25) is 0 Å². The van der Waals surface area contributed by atoms with Gasteiger partial charge in [0, 0.05) is 22.2 Å². The Morgan fingerprint density at radius 3 is 2.86 bits per heavy atom. The minimum Gasteiger partial charge on any atom is -0.375 e. The summed E-state index contributed by atoms with van der Waals surface area (Å²) in [6.07, 6.45) is 7.22. The van der Waals surface area contributed by atoms with E-state index in [2.05, 4.69) is 27.5 Å². The Balaban J connectivity index is 2.27. The van der Waals surface area contributed by atoms with E-state index in [1.165, 1.54) is 0 Å². The fraction of sp³-hybridized carbons (Fsp3) is 0.304. The molecule has 29 heavy (non-hydrogen) atoms. The third-order valence-corrected chi connectivity index (χ3v) is 5.19. The predicted octanol–water partition coefficient (Wildman–Crippen LogP) is 6.41. The van der Waals surface area contributed by atoms with Crippen LogP contribution in [-0.2, 0) is 11.3 Å². The molecule has 0 radical (unpaired) electrons. The fourth-order valence-corrected chi connectivity index (χ4v) is 3.83. The van der Waals surface area contributed by atoms with Crippen molar-refractivity contribution in [2.45, 2.75) is 39.8 Å². The van der Waals surface area contributed by atoms with E-state index in [0.717, 1.165) is 27.1 Å². The Bertz CT molecular complexity index is 1000. The van der Waals surface area contributed by atoms with Crippen LogP contribution in [0.25, 0.3) is 5.69 Å². The Hall–Kier alpha value is -2.31. The lowest BCUT2D eigenvalue weighted by Gasteiger charge is -2.14. The number of fused-ring (bicyclic) bond motifs is 3. The molecular weight excluding hydrogens is 433 g/mol. The molecule has 1 aromatic heterocycles. The van der Waals surface area contributed by atoms with Crippen LogP contribution in [0.15, 0.2) is 70.2 Å². The molecule has 152 valence electrons. The van der Waals surface area contributed by atoms with Crippen LogP contribution >= 0.6 is 15.9 Å². The van der Waals surface area contributed by atoms with Gasteiger partial charge in [-0.1, -0.05) is 41.6 Å². The third-order valence-electron chi connectivity index (χ3n) is 4.70. The highest BCUT2D eigenvalue weighted by atomic mass is 79.9. The standard InChI is InChI=1S/C23H25BrFN3O/c1-5-8-17(19(25)9-6-2)22-18-12-16(24)10-11-21(18)28-14-26-20(13-29-7-3)23(28)15(4)27-22/h5,8-12,14-15H,1,6-7,13H2,2-4H3/b17-8+,19-9+/t15-/m0/s1. The van der Waals surface area contributed by atoms with Crippen LogP contribution in [0.4, 0.5) is 4.39 Å². The summed E-state index contributed by atoms with van der Waals surface area (Å²) >= 11 is 3.55. The molecule has 1 aliphatic rings. The molecule has 0 amide bonds. The number of nitrogens with zero attached hydrogens (tertiary/aromatic N) is 3. The van der Waals surface area contributed by atoms with Crippen molar-refractivity contribution < 1.29 is 9.13 Å². The van der Waals surface area contributed by atoms with Gasteiger partial charge in [0.1, 0.15) is 5.83 Å². The average Bonchev–Trinajstić information content (AvgIpc) is 3.08. The van der Waals surface area contributed by atoms with Crippen molar-refractivity contribution >= 4 is 21.6 Å². The molecule has 0 N–H and O–H groups in total. The van der Waals surface area contributed by atoms with Gasteiger partial charge < -0.3 is 9.30 Å². The summed E-state index contributed by atoms with van der Waals surface area (Å²) in [5.74, 6) is -0.302. The van der Waals surface area contributed by atoms with E-state index >= 15 is 4.39 Å². The monoisotopic (exact) mass is 457 g/mol. The van der Waals surface area contributed by atoms with Crippen molar-refractivity contribution in [1.82, 2.24) is 9.55 Å². The Kier molecular flexibility index (Phi) is 6.98. The van der Waals surface area contributed by atoms with Crippen LogP contribution in [0, 0.1) is 0 Å². The Morgan fingerprint density at radius 1 is 1.38 bits per heavy atom. The first kappa shape index (κ1) is 21.4. The fourth-order valence-electron chi connectivity index (χ4n) is 3.46.